The summed E-state index contributed by atoms with van der Waals surface area (Å²) in [5, 5.41) is 2.28. The molecule has 10 aromatic rings. The van der Waals surface area contributed by atoms with Crippen molar-refractivity contribution < 1.29 is 0 Å². The first-order chi connectivity index (χ1) is 28.7. The maximum atomic E-state index is 5.22. The minimum absolute atomic E-state index is 0.686. The molecule has 0 amide bonds. The van der Waals surface area contributed by atoms with E-state index in [0.29, 0.717) is 5.82 Å². The second-order valence-corrected chi connectivity index (χ2v) is 14.1. The van der Waals surface area contributed by atoms with Crippen LogP contribution in [0.25, 0.3) is 101 Å². The maximum Gasteiger partial charge on any atom is 0.160 e. The lowest BCUT2D eigenvalue weighted by atomic mass is 9.89. The monoisotopic (exact) mass is 741 g/mol. The molecule has 4 heterocycles. The molecule has 5 nitrogen and oxygen atoms in total. The molecule has 0 unspecified atom stereocenters. The third kappa shape index (κ3) is 6.93. The van der Waals surface area contributed by atoms with Crippen LogP contribution in [0.5, 0.6) is 0 Å². The van der Waals surface area contributed by atoms with Crippen molar-refractivity contribution in [3.63, 3.8) is 0 Å². The highest BCUT2D eigenvalue weighted by Crippen LogP contribution is 2.41. The van der Waals surface area contributed by atoms with Gasteiger partial charge in [0, 0.05) is 29.1 Å². The van der Waals surface area contributed by atoms with E-state index in [1.807, 2.05) is 72.8 Å². The molecule has 272 valence electrons. The van der Waals surface area contributed by atoms with Crippen molar-refractivity contribution in [2.75, 3.05) is 0 Å². The smallest absolute Gasteiger partial charge is 0.160 e. The fraction of sp³-hybridized carbons (Fsp3) is 0. The van der Waals surface area contributed by atoms with Gasteiger partial charge in [-0.2, -0.15) is 0 Å². The zero-order valence-corrected chi connectivity index (χ0v) is 31.4. The van der Waals surface area contributed by atoms with Crippen LogP contribution in [0.4, 0.5) is 0 Å². The Hall–Kier alpha value is -7.89. The Kier molecular flexibility index (Phi) is 9.14. The van der Waals surface area contributed by atoms with Gasteiger partial charge in [0.2, 0.25) is 0 Å². The fourth-order valence-electron chi connectivity index (χ4n) is 7.58. The first kappa shape index (κ1) is 34.6. The quantitative estimate of drug-likeness (QED) is 0.155. The molecule has 0 bridgehead atoms. The van der Waals surface area contributed by atoms with Crippen molar-refractivity contribution in [2.24, 2.45) is 0 Å². The van der Waals surface area contributed by atoms with Crippen LogP contribution in [0.1, 0.15) is 0 Å². The molecular weight excluding hydrogens is 707 g/mol. The number of pyridine rings is 3. The second kappa shape index (κ2) is 15.3. The Morgan fingerprint density at radius 2 is 0.690 bits per heavy atom. The number of benzene rings is 6. The largest absolute Gasteiger partial charge is 0.255 e. The summed E-state index contributed by atoms with van der Waals surface area (Å²) in [5.41, 5.74) is 14.6. The van der Waals surface area contributed by atoms with Gasteiger partial charge in [0.25, 0.3) is 0 Å². The van der Waals surface area contributed by atoms with Gasteiger partial charge in [0.05, 0.1) is 34.2 Å². The Morgan fingerprint density at radius 1 is 0.241 bits per heavy atom. The van der Waals surface area contributed by atoms with Crippen LogP contribution in [0, 0.1) is 0 Å². The number of fused-ring (bicyclic) bond motifs is 1. The van der Waals surface area contributed by atoms with Crippen LogP contribution < -0.4 is 0 Å². The molecule has 0 radical (unpaired) electrons. The van der Waals surface area contributed by atoms with E-state index < -0.39 is 0 Å². The van der Waals surface area contributed by atoms with E-state index in [0.717, 1.165) is 95.0 Å². The highest BCUT2D eigenvalue weighted by Gasteiger charge is 2.17. The molecule has 0 saturated carbocycles. The summed E-state index contributed by atoms with van der Waals surface area (Å²) in [7, 11) is 0. The van der Waals surface area contributed by atoms with E-state index in [1.54, 1.807) is 12.4 Å². The fourth-order valence-corrected chi connectivity index (χ4v) is 7.58. The zero-order chi connectivity index (χ0) is 38.7. The van der Waals surface area contributed by atoms with Crippen LogP contribution in [0.2, 0.25) is 0 Å². The van der Waals surface area contributed by atoms with Crippen LogP contribution in [-0.2, 0) is 0 Å². The summed E-state index contributed by atoms with van der Waals surface area (Å²) in [6, 6.07) is 69.2. The van der Waals surface area contributed by atoms with Gasteiger partial charge in [-0.25, -0.2) is 15.0 Å². The van der Waals surface area contributed by atoms with E-state index in [2.05, 4.69) is 137 Å². The lowest BCUT2D eigenvalue weighted by Gasteiger charge is -2.16. The lowest BCUT2D eigenvalue weighted by Crippen LogP contribution is -1.97. The molecule has 0 aliphatic carbocycles. The summed E-state index contributed by atoms with van der Waals surface area (Å²) >= 11 is 0. The van der Waals surface area contributed by atoms with Crippen LogP contribution >= 0.6 is 0 Å². The molecule has 4 aromatic heterocycles. The van der Waals surface area contributed by atoms with Crippen molar-refractivity contribution in [3.05, 3.63) is 213 Å². The highest BCUT2D eigenvalue weighted by molar-refractivity contribution is 6.06. The first-order valence-electron chi connectivity index (χ1n) is 19.3. The molecule has 0 atom stereocenters. The third-order valence-electron chi connectivity index (χ3n) is 10.4. The van der Waals surface area contributed by atoms with Crippen molar-refractivity contribution in [1.29, 1.82) is 0 Å². The second-order valence-electron chi connectivity index (χ2n) is 14.1. The summed E-state index contributed by atoms with van der Waals surface area (Å²) < 4.78 is 0. The van der Waals surface area contributed by atoms with Gasteiger partial charge in [-0.15, -0.1) is 0 Å². The predicted octanol–water partition coefficient (Wildman–Crippen LogP) is 13.2. The van der Waals surface area contributed by atoms with Crippen molar-refractivity contribution in [2.45, 2.75) is 0 Å². The van der Waals surface area contributed by atoms with Gasteiger partial charge in [-0.05, 0) is 105 Å². The molecule has 0 fully saturated rings. The number of aromatic nitrogens is 5. The van der Waals surface area contributed by atoms with Gasteiger partial charge in [-0.3, -0.25) is 9.97 Å². The van der Waals surface area contributed by atoms with E-state index in [-0.39, 0.29) is 0 Å². The third-order valence-corrected chi connectivity index (χ3v) is 10.4. The molecule has 0 aliphatic rings. The maximum absolute atomic E-state index is 5.22. The molecule has 0 saturated heterocycles. The number of nitrogens with zero attached hydrogens (tertiary/aromatic N) is 5. The minimum Gasteiger partial charge on any atom is -0.255 e. The number of rotatable bonds is 8. The molecule has 0 aliphatic heterocycles. The van der Waals surface area contributed by atoms with Crippen molar-refractivity contribution in [1.82, 2.24) is 24.9 Å². The van der Waals surface area contributed by atoms with Crippen LogP contribution in [0.3, 0.4) is 0 Å². The van der Waals surface area contributed by atoms with E-state index in [4.69, 9.17) is 15.0 Å². The molecule has 58 heavy (non-hydrogen) atoms. The van der Waals surface area contributed by atoms with Gasteiger partial charge < -0.3 is 0 Å². The lowest BCUT2D eigenvalue weighted by molar-refractivity contribution is 1.18. The average Bonchev–Trinajstić information content (AvgIpc) is 3.32. The van der Waals surface area contributed by atoms with Gasteiger partial charge >= 0.3 is 0 Å². The van der Waals surface area contributed by atoms with E-state index in [9.17, 15) is 0 Å². The molecule has 5 heteroatoms. The minimum atomic E-state index is 0.686. The first-order valence-corrected chi connectivity index (χ1v) is 19.3. The normalized spacial score (nSPS) is 11.1. The number of hydrogen-bond acceptors (Lipinski definition) is 5. The number of hydrogen-bond donors (Lipinski definition) is 0. The average molecular weight is 742 g/mol. The molecular formula is C53H35N5. The van der Waals surface area contributed by atoms with E-state index >= 15 is 0 Å². The topological polar surface area (TPSA) is 64.5 Å². The summed E-state index contributed by atoms with van der Waals surface area (Å²) in [6.45, 7) is 0. The van der Waals surface area contributed by atoms with Gasteiger partial charge in [0.1, 0.15) is 0 Å². The van der Waals surface area contributed by atoms with Crippen LogP contribution in [-0.4, -0.2) is 24.9 Å². The van der Waals surface area contributed by atoms with Crippen LogP contribution in [0.15, 0.2) is 213 Å². The standard InChI is InChI=1S/C53H35N5/c1-4-16-36(17-5-1)39-30-40(32-42(31-39)50-35-49(37-18-6-2-7-19-37)57-53(58-50)38-20-8-3-9-21-38)43-26-27-44(46-23-11-10-22-45(43)46)41-33-51(47-24-12-14-28-54-47)56-52(34-41)48-25-13-15-29-55-48/h1-35H. The van der Waals surface area contributed by atoms with Crippen molar-refractivity contribution >= 4 is 10.8 Å². The summed E-state index contributed by atoms with van der Waals surface area (Å²) in [4.78, 5) is 24.6. The Labute approximate surface area is 337 Å². The molecule has 10 rings (SSSR count). The highest BCUT2D eigenvalue weighted by atomic mass is 14.9. The summed E-state index contributed by atoms with van der Waals surface area (Å²) in [6.07, 6.45) is 3.61. The molecule has 0 spiro atoms. The van der Waals surface area contributed by atoms with E-state index in [1.165, 1.54) is 0 Å². The zero-order valence-electron chi connectivity index (χ0n) is 31.4. The summed E-state index contributed by atoms with van der Waals surface area (Å²) in [5.74, 6) is 0.686. The predicted molar refractivity (Wildman–Crippen MR) is 236 cm³/mol. The van der Waals surface area contributed by atoms with Gasteiger partial charge in [0.15, 0.2) is 5.82 Å². The van der Waals surface area contributed by atoms with Gasteiger partial charge in [-0.1, -0.05) is 140 Å². The van der Waals surface area contributed by atoms with Crippen molar-refractivity contribution in [3.8, 4) is 90.1 Å². The molecule has 0 N–H and O–H groups in total. The Bertz CT molecular complexity index is 2910. The molecule has 6 aromatic carbocycles. The Morgan fingerprint density at radius 3 is 1.24 bits per heavy atom. The SMILES string of the molecule is c1ccc(-c2cc(-c3cc(-c4ccccc4)nc(-c4ccccc4)n3)cc(-c3ccc(-c4cc(-c5ccccn5)nc(-c5ccccn5)c4)c4ccccc34)c2)cc1. The Balaban J connectivity index is 1.17.